The van der Waals surface area contributed by atoms with Crippen LogP contribution in [0.15, 0.2) is 53.5 Å². The van der Waals surface area contributed by atoms with E-state index in [0.29, 0.717) is 6.54 Å². The smallest absolute Gasteiger partial charge is 0.319 e. The monoisotopic (exact) mass is 315 g/mol. The lowest BCUT2D eigenvalue weighted by Crippen LogP contribution is -2.48. The minimum atomic E-state index is -0.762. The highest BCUT2D eigenvalue weighted by Gasteiger charge is 2.19. The van der Waals surface area contributed by atoms with Crippen LogP contribution in [0.2, 0.25) is 0 Å². The number of nitrogens with zero attached hydrogens (tertiary/aromatic N) is 1. The predicted octanol–water partition coefficient (Wildman–Crippen LogP) is 1.79. The number of urea groups is 1. The van der Waals surface area contributed by atoms with Crippen LogP contribution >= 0.6 is 0 Å². The van der Waals surface area contributed by atoms with E-state index in [4.69, 9.17) is 5.11 Å². The number of aliphatic hydroxyl groups excluding tert-OH is 1. The van der Waals surface area contributed by atoms with Gasteiger partial charge in [0.05, 0.1) is 18.7 Å². The third-order valence-electron chi connectivity index (χ3n) is 3.31. The number of aromatic nitrogens is 1. The summed E-state index contributed by atoms with van der Waals surface area (Å²) in [5, 5.41) is 14.3. The third kappa shape index (κ3) is 4.69. The molecule has 0 aliphatic rings. The fourth-order valence-electron chi connectivity index (χ4n) is 2.04. The largest absolute Gasteiger partial charge is 0.394 e. The van der Waals surface area contributed by atoms with Gasteiger partial charge in [-0.1, -0.05) is 30.3 Å². The lowest BCUT2D eigenvalue weighted by atomic mass is 10.1. The Morgan fingerprint density at radius 1 is 1.17 bits per heavy atom. The molecule has 0 bridgehead atoms. The number of aliphatic hydroxyl groups is 1. The van der Waals surface area contributed by atoms with Gasteiger partial charge in [-0.3, -0.25) is 4.79 Å². The van der Waals surface area contributed by atoms with E-state index in [1.165, 1.54) is 4.57 Å². The molecule has 6 nitrogen and oxygen atoms in total. The number of hydrogen-bond acceptors (Lipinski definition) is 3. The summed E-state index contributed by atoms with van der Waals surface area (Å²) < 4.78 is 1.53. The van der Waals surface area contributed by atoms with Crippen molar-refractivity contribution < 1.29 is 9.90 Å². The van der Waals surface area contributed by atoms with Gasteiger partial charge in [0.15, 0.2) is 0 Å². The summed E-state index contributed by atoms with van der Waals surface area (Å²) in [5.41, 5.74) is 0.141. The molecule has 6 heteroatoms. The first-order valence-corrected chi connectivity index (χ1v) is 7.35. The molecular weight excluding hydrogens is 294 g/mol. The molecule has 0 unspecified atom stereocenters. The van der Waals surface area contributed by atoms with Crippen molar-refractivity contribution >= 4 is 11.7 Å². The lowest BCUT2D eigenvalue weighted by molar-refractivity contribution is 0.187. The van der Waals surface area contributed by atoms with Crippen molar-refractivity contribution in [1.29, 1.82) is 0 Å². The van der Waals surface area contributed by atoms with Gasteiger partial charge in [0.2, 0.25) is 0 Å². The molecule has 2 amide bonds. The molecule has 1 aromatic heterocycles. The van der Waals surface area contributed by atoms with E-state index in [1.807, 2.05) is 30.3 Å². The van der Waals surface area contributed by atoms with Gasteiger partial charge in [-0.15, -0.1) is 0 Å². The number of rotatable bonds is 5. The first-order valence-electron chi connectivity index (χ1n) is 7.35. The Kier molecular flexibility index (Phi) is 5.18. The summed E-state index contributed by atoms with van der Waals surface area (Å²) in [4.78, 5) is 24.3. The minimum Gasteiger partial charge on any atom is -0.394 e. The SMILES string of the molecule is CC(C)(CO)NC(=O)Nc1cccn(Cc2ccccc2)c1=O. The number of pyridine rings is 1. The Hall–Kier alpha value is -2.60. The Morgan fingerprint density at radius 3 is 2.52 bits per heavy atom. The zero-order valence-electron chi connectivity index (χ0n) is 13.2. The molecule has 1 heterocycles. The quantitative estimate of drug-likeness (QED) is 0.786. The maximum atomic E-state index is 12.4. The van der Waals surface area contributed by atoms with Crippen molar-refractivity contribution in [2.75, 3.05) is 11.9 Å². The van der Waals surface area contributed by atoms with Crippen LogP contribution < -0.4 is 16.2 Å². The van der Waals surface area contributed by atoms with Crippen LogP contribution in [0.5, 0.6) is 0 Å². The molecule has 122 valence electrons. The van der Waals surface area contributed by atoms with Crippen molar-refractivity contribution in [3.8, 4) is 0 Å². The number of carbonyl (C=O) groups is 1. The second kappa shape index (κ2) is 7.11. The van der Waals surface area contributed by atoms with E-state index in [1.54, 1.807) is 32.2 Å². The number of hydrogen-bond donors (Lipinski definition) is 3. The van der Waals surface area contributed by atoms with Crippen LogP contribution in [-0.4, -0.2) is 27.9 Å². The van der Waals surface area contributed by atoms with E-state index in [-0.39, 0.29) is 17.9 Å². The highest BCUT2D eigenvalue weighted by atomic mass is 16.3. The van der Waals surface area contributed by atoms with E-state index in [0.717, 1.165) is 5.56 Å². The van der Waals surface area contributed by atoms with E-state index < -0.39 is 11.6 Å². The van der Waals surface area contributed by atoms with Gasteiger partial charge >= 0.3 is 6.03 Å². The highest BCUT2D eigenvalue weighted by Crippen LogP contribution is 2.05. The first kappa shape index (κ1) is 16.8. The van der Waals surface area contributed by atoms with Crippen LogP contribution in [0.4, 0.5) is 10.5 Å². The maximum absolute atomic E-state index is 12.4. The molecular formula is C17H21N3O3. The van der Waals surface area contributed by atoms with Gasteiger partial charge in [0, 0.05) is 6.20 Å². The average Bonchev–Trinajstić information content (AvgIpc) is 2.52. The van der Waals surface area contributed by atoms with Crippen LogP contribution in [0, 0.1) is 0 Å². The number of benzene rings is 1. The zero-order valence-corrected chi connectivity index (χ0v) is 13.2. The van der Waals surface area contributed by atoms with Gasteiger partial charge in [0.1, 0.15) is 5.69 Å². The van der Waals surface area contributed by atoms with Crippen LogP contribution in [-0.2, 0) is 6.54 Å². The molecule has 1 aromatic carbocycles. The molecule has 23 heavy (non-hydrogen) atoms. The maximum Gasteiger partial charge on any atom is 0.319 e. The fraction of sp³-hybridized carbons (Fsp3) is 0.294. The second-order valence-corrected chi connectivity index (χ2v) is 5.96. The standard InChI is InChI=1S/C17H21N3O3/c1-17(2,12-21)19-16(23)18-14-9-6-10-20(15(14)22)11-13-7-4-3-5-8-13/h3-10,21H,11-12H2,1-2H3,(H2,18,19,23). The Morgan fingerprint density at radius 2 is 1.87 bits per heavy atom. The van der Waals surface area contributed by atoms with Gasteiger partial charge in [0.25, 0.3) is 5.56 Å². The molecule has 0 aliphatic heterocycles. The normalized spacial score (nSPS) is 11.1. The van der Waals surface area contributed by atoms with Crippen LogP contribution in [0.3, 0.4) is 0 Å². The fourth-order valence-corrected chi connectivity index (χ4v) is 2.04. The molecule has 0 saturated heterocycles. The van der Waals surface area contributed by atoms with Crippen LogP contribution in [0.25, 0.3) is 0 Å². The number of amides is 2. The minimum absolute atomic E-state index is 0.190. The summed E-state index contributed by atoms with van der Waals surface area (Å²) >= 11 is 0. The molecule has 3 N–H and O–H groups in total. The Bertz CT molecular complexity index is 723. The Labute approximate surface area is 134 Å². The third-order valence-corrected chi connectivity index (χ3v) is 3.31. The summed E-state index contributed by atoms with van der Waals surface area (Å²) in [6, 6.07) is 12.3. The average molecular weight is 315 g/mol. The molecule has 0 saturated carbocycles. The van der Waals surface area contributed by atoms with Gasteiger partial charge < -0.3 is 20.3 Å². The lowest BCUT2D eigenvalue weighted by Gasteiger charge is -2.23. The van der Waals surface area contributed by atoms with Crippen molar-refractivity contribution in [2.24, 2.45) is 0 Å². The van der Waals surface area contributed by atoms with E-state index in [2.05, 4.69) is 10.6 Å². The van der Waals surface area contributed by atoms with Gasteiger partial charge in [-0.05, 0) is 31.5 Å². The summed E-state index contributed by atoms with van der Waals surface area (Å²) in [6.07, 6.45) is 1.68. The summed E-state index contributed by atoms with van der Waals surface area (Å²) in [5.74, 6) is 0. The van der Waals surface area contributed by atoms with Crippen molar-refractivity contribution in [3.63, 3.8) is 0 Å². The number of nitrogens with one attached hydrogen (secondary N) is 2. The van der Waals surface area contributed by atoms with Gasteiger partial charge in [-0.25, -0.2) is 4.79 Å². The molecule has 0 spiro atoms. The number of anilines is 1. The number of carbonyl (C=O) groups excluding carboxylic acids is 1. The van der Waals surface area contributed by atoms with Crippen LogP contribution in [0.1, 0.15) is 19.4 Å². The molecule has 0 aliphatic carbocycles. The molecule has 0 atom stereocenters. The van der Waals surface area contributed by atoms with Crippen molar-refractivity contribution in [1.82, 2.24) is 9.88 Å². The molecule has 0 radical (unpaired) electrons. The molecule has 0 fully saturated rings. The zero-order chi connectivity index (χ0) is 16.9. The van der Waals surface area contributed by atoms with Crippen molar-refractivity contribution in [2.45, 2.75) is 25.9 Å². The van der Waals surface area contributed by atoms with E-state index >= 15 is 0 Å². The second-order valence-electron chi connectivity index (χ2n) is 5.96. The Balaban J connectivity index is 2.14. The topological polar surface area (TPSA) is 83.4 Å². The summed E-state index contributed by atoms with van der Waals surface area (Å²) in [6.45, 7) is 3.60. The highest BCUT2D eigenvalue weighted by molar-refractivity contribution is 5.89. The van der Waals surface area contributed by atoms with Crippen molar-refractivity contribution in [3.05, 3.63) is 64.6 Å². The molecule has 2 aromatic rings. The summed E-state index contributed by atoms with van der Waals surface area (Å²) in [7, 11) is 0. The predicted molar refractivity (Wildman–Crippen MR) is 89.6 cm³/mol. The molecule has 2 rings (SSSR count). The first-order chi connectivity index (χ1) is 10.9. The van der Waals surface area contributed by atoms with Gasteiger partial charge in [-0.2, -0.15) is 0 Å². The van der Waals surface area contributed by atoms with E-state index in [9.17, 15) is 9.59 Å².